The van der Waals surface area contributed by atoms with Crippen molar-refractivity contribution in [1.29, 1.82) is 0 Å². The second-order valence-electron chi connectivity index (χ2n) is 8.15. The van der Waals surface area contributed by atoms with Gasteiger partial charge in [-0.25, -0.2) is 8.42 Å². The molecule has 0 aliphatic rings. The molecule has 0 amide bonds. The Hall–Kier alpha value is -1.85. The minimum Gasteiger partial charge on any atom is -0.459 e. The first-order chi connectivity index (χ1) is 12.9. The van der Waals surface area contributed by atoms with Gasteiger partial charge in [0.05, 0.1) is 17.1 Å². The van der Waals surface area contributed by atoms with E-state index in [1.165, 1.54) is 0 Å². The third-order valence-electron chi connectivity index (χ3n) is 3.04. The van der Waals surface area contributed by atoms with Crippen molar-refractivity contribution in [2.45, 2.75) is 70.0 Å². The Labute approximate surface area is 168 Å². The topological polar surface area (TPSA) is 90.9 Å². The standard InChI is InChI=1S/C18H26F3NO6S/c1-16(2,3)26-11-14(15(23)28-17(4,5)6)22-29(24,25)13-9-7-12(8-10-13)27-18(19,20)21/h7-10,14,22H,11H2,1-6H3. The lowest BCUT2D eigenvalue weighted by Gasteiger charge is -2.27. The molecule has 1 aromatic carbocycles. The van der Waals surface area contributed by atoms with Crippen molar-refractivity contribution < 1.29 is 40.6 Å². The van der Waals surface area contributed by atoms with Gasteiger partial charge in [0.2, 0.25) is 10.0 Å². The molecular formula is C18H26F3NO6S. The number of hydrogen-bond acceptors (Lipinski definition) is 6. The van der Waals surface area contributed by atoms with Crippen LogP contribution in [-0.4, -0.2) is 44.6 Å². The van der Waals surface area contributed by atoms with Gasteiger partial charge in [-0.1, -0.05) is 0 Å². The van der Waals surface area contributed by atoms with E-state index < -0.39 is 45.3 Å². The lowest BCUT2D eigenvalue weighted by molar-refractivity contribution is -0.274. The van der Waals surface area contributed by atoms with Gasteiger partial charge in [-0.3, -0.25) is 4.79 Å². The molecule has 0 aliphatic carbocycles. The average Bonchev–Trinajstić information content (AvgIpc) is 2.47. The molecule has 1 atom stereocenters. The Morgan fingerprint density at radius 1 is 1.00 bits per heavy atom. The zero-order valence-electron chi connectivity index (χ0n) is 17.1. The largest absolute Gasteiger partial charge is 0.573 e. The van der Waals surface area contributed by atoms with Crippen LogP contribution in [0.2, 0.25) is 0 Å². The van der Waals surface area contributed by atoms with Crippen LogP contribution in [-0.2, 0) is 24.3 Å². The molecule has 0 spiro atoms. The monoisotopic (exact) mass is 441 g/mol. The van der Waals surface area contributed by atoms with Crippen LogP contribution in [0.4, 0.5) is 13.2 Å². The summed E-state index contributed by atoms with van der Waals surface area (Å²) in [6.07, 6.45) is -4.90. The fraction of sp³-hybridized carbons (Fsp3) is 0.611. The van der Waals surface area contributed by atoms with Gasteiger partial charge >= 0.3 is 12.3 Å². The maximum absolute atomic E-state index is 12.6. The van der Waals surface area contributed by atoms with Crippen LogP contribution in [0.25, 0.3) is 0 Å². The first-order valence-corrected chi connectivity index (χ1v) is 10.1. The lowest BCUT2D eigenvalue weighted by Crippen LogP contribution is -2.48. The predicted octanol–water partition coefficient (Wildman–Crippen LogP) is 3.39. The number of ether oxygens (including phenoxy) is 3. The van der Waals surface area contributed by atoms with E-state index in [2.05, 4.69) is 9.46 Å². The van der Waals surface area contributed by atoms with Gasteiger partial charge in [-0.2, -0.15) is 4.72 Å². The van der Waals surface area contributed by atoms with E-state index in [-0.39, 0.29) is 11.5 Å². The number of carbonyl (C=O) groups is 1. The highest BCUT2D eigenvalue weighted by molar-refractivity contribution is 7.89. The first-order valence-electron chi connectivity index (χ1n) is 8.63. The first kappa shape index (κ1) is 25.2. The molecule has 0 bridgehead atoms. The molecule has 7 nitrogen and oxygen atoms in total. The van der Waals surface area contributed by atoms with Crippen molar-refractivity contribution in [3.05, 3.63) is 24.3 Å². The van der Waals surface area contributed by atoms with Gasteiger partial charge in [-0.15, -0.1) is 13.2 Å². The van der Waals surface area contributed by atoms with E-state index in [0.29, 0.717) is 0 Å². The Bertz CT molecular complexity index is 793. The van der Waals surface area contributed by atoms with Crippen LogP contribution in [0.5, 0.6) is 5.75 Å². The summed E-state index contributed by atoms with van der Waals surface area (Å²) >= 11 is 0. The molecule has 0 radical (unpaired) electrons. The molecule has 1 unspecified atom stereocenters. The molecular weight excluding hydrogens is 415 g/mol. The molecule has 0 fully saturated rings. The van der Waals surface area contributed by atoms with Crippen molar-refractivity contribution >= 4 is 16.0 Å². The summed E-state index contributed by atoms with van der Waals surface area (Å²) in [5, 5.41) is 0. The molecule has 0 aliphatic heterocycles. The van der Waals surface area contributed by atoms with Crippen molar-refractivity contribution in [3.8, 4) is 5.75 Å². The van der Waals surface area contributed by atoms with Crippen LogP contribution in [0.1, 0.15) is 41.5 Å². The Balaban J connectivity index is 3.04. The lowest BCUT2D eigenvalue weighted by atomic mass is 10.2. The van der Waals surface area contributed by atoms with Gasteiger partial charge in [0.1, 0.15) is 17.4 Å². The number of rotatable bonds is 7. The molecule has 29 heavy (non-hydrogen) atoms. The van der Waals surface area contributed by atoms with E-state index in [9.17, 15) is 26.4 Å². The summed E-state index contributed by atoms with van der Waals surface area (Å²) in [5.41, 5.74) is -1.51. The Kier molecular flexibility index (Phi) is 7.72. The highest BCUT2D eigenvalue weighted by Crippen LogP contribution is 2.24. The fourth-order valence-corrected chi connectivity index (χ4v) is 3.10. The fourth-order valence-electron chi connectivity index (χ4n) is 1.93. The van der Waals surface area contributed by atoms with Crippen molar-refractivity contribution in [1.82, 2.24) is 4.72 Å². The smallest absolute Gasteiger partial charge is 0.459 e. The van der Waals surface area contributed by atoms with Gasteiger partial charge in [0, 0.05) is 0 Å². The molecule has 0 aromatic heterocycles. The van der Waals surface area contributed by atoms with Crippen LogP contribution in [0.3, 0.4) is 0 Å². The van der Waals surface area contributed by atoms with Crippen molar-refractivity contribution in [2.75, 3.05) is 6.61 Å². The van der Waals surface area contributed by atoms with Crippen molar-refractivity contribution in [2.24, 2.45) is 0 Å². The zero-order valence-corrected chi connectivity index (χ0v) is 17.9. The molecule has 1 rings (SSSR count). The molecule has 0 saturated heterocycles. The maximum atomic E-state index is 12.6. The number of sulfonamides is 1. The number of halogens is 3. The number of esters is 1. The third-order valence-corrected chi connectivity index (χ3v) is 4.53. The van der Waals surface area contributed by atoms with Gasteiger partial charge < -0.3 is 14.2 Å². The van der Waals surface area contributed by atoms with Gasteiger partial charge in [0.15, 0.2) is 0 Å². The number of nitrogens with one attached hydrogen (secondary N) is 1. The van der Waals surface area contributed by atoms with Gasteiger partial charge in [0.25, 0.3) is 0 Å². The number of carbonyl (C=O) groups excluding carboxylic acids is 1. The van der Waals surface area contributed by atoms with E-state index >= 15 is 0 Å². The molecule has 166 valence electrons. The highest BCUT2D eigenvalue weighted by atomic mass is 32.2. The molecule has 11 heteroatoms. The minimum absolute atomic E-state index is 0.299. The van der Waals surface area contributed by atoms with E-state index in [1.807, 2.05) is 0 Å². The number of benzene rings is 1. The minimum atomic E-state index is -4.90. The average molecular weight is 441 g/mol. The molecule has 0 saturated carbocycles. The second-order valence-corrected chi connectivity index (χ2v) is 9.86. The molecule has 0 heterocycles. The number of hydrogen-bond donors (Lipinski definition) is 1. The summed E-state index contributed by atoms with van der Waals surface area (Å²) in [6.45, 7) is 9.77. The highest BCUT2D eigenvalue weighted by Gasteiger charge is 2.33. The second kappa shape index (κ2) is 8.88. The zero-order chi connectivity index (χ0) is 22.7. The number of alkyl halides is 3. The summed E-state index contributed by atoms with van der Waals surface area (Å²) in [6, 6.07) is 2.22. The van der Waals surface area contributed by atoms with E-state index in [0.717, 1.165) is 24.3 Å². The van der Waals surface area contributed by atoms with Crippen LogP contribution in [0, 0.1) is 0 Å². The summed E-state index contributed by atoms with van der Waals surface area (Å²) in [4.78, 5) is 12.1. The van der Waals surface area contributed by atoms with Crippen LogP contribution >= 0.6 is 0 Å². The van der Waals surface area contributed by atoms with E-state index in [1.54, 1.807) is 41.5 Å². The molecule has 1 aromatic rings. The summed E-state index contributed by atoms with van der Waals surface area (Å²) < 4.78 is 78.5. The normalized spacial score (nSPS) is 14.4. The van der Waals surface area contributed by atoms with Crippen molar-refractivity contribution in [3.63, 3.8) is 0 Å². The van der Waals surface area contributed by atoms with Crippen LogP contribution in [0.15, 0.2) is 29.2 Å². The van der Waals surface area contributed by atoms with Gasteiger partial charge in [-0.05, 0) is 65.8 Å². The third kappa shape index (κ3) is 9.95. The molecule has 1 N–H and O–H groups in total. The maximum Gasteiger partial charge on any atom is 0.573 e. The Morgan fingerprint density at radius 3 is 1.93 bits per heavy atom. The predicted molar refractivity (Wildman–Crippen MR) is 98.8 cm³/mol. The Morgan fingerprint density at radius 2 is 1.52 bits per heavy atom. The SMILES string of the molecule is CC(C)(C)OCC(NS(=O)(=O)c1ccc(OC(F)(F)F)cc1)C(=O)OC(C)(C)C. The summed E-state index contributed by atoms with van der Waals surface area (Å²) in [5.74, 6) is -1.42. The van der Waals surface area contributed by atoms with Crippen LogP contribution < -0.4 is 9.46 Å². The summed E-state index contributed by atoms with van der Waals surface area (Å²) in [7, 11) is -4.26. The quantitative estimate of drug-likeness (QED) is 0.653. The van der Waals surface area contributed by atoms with E-state index in [4.69, 9.17) is 9.47 Å².